The molecule has 0 heterocycles. The topological polar surface area (TPSA) is 46.2 Å². The second-order valence-corrected chi connectivity index (χ2v) is 3.78. The lowest BCUT2D eigenvalue weighted by Crippen LogP contribution is -2.31. The van der Waals surface area contributed by atoms with Gasteiger partial charge in [-0.25, -0.2) is 4.39 Å². The van der Waals surface area contributed by atoms with Crippen molar-refractivity contribution in [3.8, 4) is 0 Å². The highest BCUT2D eigenvalue weighted by atomic mass is 35.5. The smallest absolute Gasteiger partial charge is 0.128 e. The van der Waals surface area contributed by atoms with Crippen molar-refractivity contribution < 1.29 is 9.50 Å². The van der Waals surface area contributed by atoms with E-state index in [-0.39, 0.29) is 24.1 Å². The fourth-order valence-corrected chi connectivity index (χ4v) is 1.34. The van der Waals surface area contributed by atoms with Crippen LogP contribution in [0.1, 0.15) is 25.5 Å². The van der Waals surface area contributed by atoms with Crippen molar-refractivity contribution >= 4 is 12.4 Å². The monoisotopic (exact) mass is 233 g/mol. The predicted octanol–water partition coefficient (Wildman–Crippen LogP) is 2.26. The maximum atomic E-state index is 13.3. The van der Waals surface area contributed by atoms with Gasteiger partial charge in [-0.1, -0.05) is 32.0 Å². The first kappa shape index (κ1) is 14.4. The van der Waals surface area contributed by atoms with Crippen molar-refractivity contribution in [2.45, 2.75) is 26.0 Å². The Morgan fingerprint density at radius 1 is 1.27 bits per heavy atom. The molecular formula is C11H17ClFNO. The quantitative estimate of drug-likeness (QED) is 0.841. The van der Waals surface area contributed by atoms with Crippen LogP contribution in [-0.4, -0.2) is 11.2 Å². The zero-order valence-corrected chi connectivity index (χ0v) is 9.67. The fraction of sp³-hybridized carbons (Fsp3) is 0.455. The molecule has 2 nitrogen and oxygen atoms in total. The van der Waals surface area contributed by atoms with Crippen molar-refractivity contribution in [3.63, 3.8) is 0 Å². The van der Waals surface area contributed by atoms with Crippen molar-refractivity contribution in [3.05, 3.63) is 35.6 Å². The average Bonchev–Trinajstić information content (AvgIpc) is 2.16. The minimum atomic E-state index is -0.716. The van der Waals surface area contributed by atoms with E-state index in [4.69, 9.17) is 5.73 Å². The second-order valence-electron chi connectivity index (χ2n) is 3.78. The summed E-state index contributed by atoms with van der Waals surface area (Å²) >= 11 is 0. The molecule has 1 aromatic carbocycles. The Balaban J connectivity index is 0.00000196. The van der Waals surface area contributed by atoms with E-state index in [1.807, 2.05) is 13.8 Å². The van der Waals surface area contributed by atoms with Crippen LogP contribution >= 0.6 is 12.4 Å². The standard InChI is InChI=1S/C11H16FNO.ClH/c1-7(2)11(14)10(13)8-5-3-4-6-9(8)12;/h3-7,10-11,14H,13H2,1-2H3;1H/t10-,11+;/m1./s1. The summed E-state index contributed by atoms with van der Waals surface area (Å²) in [5.74, 6) is -0.343. The molecule has 0 aliphatic rings. The molecule has 1 rings (SSSR count). The SMILES string of the molecule is CC(C)[C@H](O)[C@H](N)c1ccccc1F.Cl. The summed E-state index contributed by atoms with van der Waals surface area (Å²) in [5.41, 5.74) is 6.12. The average molecular weight is 234 g/mol. The molecule has 2 atom stereocenters. The molecule has 86 valence electrons. The van der Waals surface area contributed by atoms with Gasteiger partial charge in [-0.2, -0.15) is 0 Å². The lowest BCUT2D eigenvalue weighted by Gasteiger charge is -2.22. The summed E-state index contributed by atoms with van der Waals surface area (Å²) in [5, 5.41) is 9.68. The molecule has 0 aromatic heterocycles. The van der Waals surface area contributed by atoms with Crippen molar-refractivity contribution in [2.75, 3.05) is 0 Å². The molecule has 0 amide bonds. The molecule has 15 heavy (non-hydrogen) atoms. The van der Waals surface area contributed by atoms with Gasteiger partial charge in [-0.3, -0.25) is 0 Å². The highest BCUT2D eigenvalue weighted by molar-refractivity contribution is 5.85. The zero-order chi connectivity index (χ0) is 10.7. The van der Waals surface area contributed by atoms with E-state index in [1.54, 1.807) is 18.2 Å². The van der Waals surface area contributed by atoms with Crippen LogP contribution in [-0.2, 0) is 0 Å². The van der Waals surface area contributed by atoms with Crippen LogP contribution in [0.15, 0.2) is 24.3 Å². The molecule has 0 bridgehead atoms. The third-order valence-corrected chi connectivity index (χ3v) is 2.32. The third-order valence-electron chi connectivity index (χ3n) is 2.32. The molecule has 0 unspecified atom stereocenters. The number of rotatable bonds is 3. The van der Waals surface area contributed by atoms with E-state index in [1.165, 1.54) is 6.07 Å². The summed E-state index contributed by atoms with van der Waals surface area (Å²) in [6.45, 7) is 3.71. The van der Waals surface area contributed by atoms with Crippen LogP contribution < -0.4 is 5.73 Å². The highest BCUT2D eigenvalue weighted by Gasteiger charge is 2.22. The van der Waals surface area contributed by atoms with Gasteiger partial charge in [0.2, 0.25) is 0 Å². The van der Waals surface area contributed by atoms with Crippen LogP contribution in [0.2, 0.25) is 0 Å². The predicted molar refractivity (Wildman–Crippen MR) is 61.4 cm³/mol. The lowest BCUT2D eigenvalue weighted by molar-refractivity contribution is 0.0966. The summed E-state index contributed by atoms with van der Waals surface area (Å²) in [4.78, 5) is 0. The maximum absolute atomic E-state index is 13.3. The Morgan fingerprint density at radius 2 is 1.80 bits per heavy atom. The number of hydrogen-bond donors (Lipinski definition) is 2. The molecule has 0 radical (unpaired) electrons. The molecule has 3 N–H and O–H groups in total. The Hall–Kier alpha value is -0.640. The molecule has 0 saturated heterocycles. The normalized spacial score (nSPS) is 14.5. The Bertz CT molecular complexity index is 306. The number of nitrogens with two attached hydrogens (primary N) is 1. The lowest BCUT2D eigenvalue weighted by atomic mass is 9.94. The summed E-state index contributed by atoms with van der Waals surface area (Å²) in [6.07, 6.45) is -0.716. The summed E-state index contributed by atoms with van der Waals surface area (Å²) < 4.78 is 13.3. The highest BCUT2D eigenvalue weighted by Crippen LogP contribution is 2.21. The van der Waals surface area contributed by atoms with E-state index in [9.17, 15) is 9.50 Å². The summed E-state index contributed by atoms with van der Waals surface area (Å²) in [7, 11) is 0. The van der Waals surface area contributed by atoms with Crippen molar-refractivity contribution in [2.24, 2.45) is 11.7 Å². The number of aliphatic hydroxyl groups excluding tert-OH is 1. The van der Waals surface area contributed by atoms with Crippen molar-refractivity contribution in [1.82, 2.24) is 0 Å². The molecule has 0 aliphatic heterocycles. The van der Waals surface area contributed by atoms with E-state index in [0.29, 0.717) is 5.56 Å². The van der Waals surface area contributed by atoms with E-state index in [0.717, 1.165) is 0 Å². The molecule has 0 spiro atoms. The van der Waals surface area contributed by atoms with Gasteiger partial charge in [0.1, 0.15) is 5.82 Å². The van der Waals surface area contributed by atoms with Crippen molar-refractivity contribution in [1.29, 1.82) is 0 Å². The zero-order valence-electron chi connectivity index (χ0n) is 8.85. The van der Waals surface area contributed by atoms with Crippen LogP contribution in [0, 0.1) is 11.7 Å². The van der Waals surface area contributed by atoms with Gasteiger partial charge in [0.15, 0.2) is 0 Å². The van der Waals surface area contributed by atoms with Crippen LogP contribution in [0.4, 0.5) is 4.39 Å². The molecule has 0 saturated carbocycles. The molecule has 1 aromatic rings. The summed E-state index contributed by atoms with van der Waals surface area (Å²) in [6, 6.07) is 5.61. The van der Waals surface area contributed by atoms with Gasteiger partial charge < -0.3 is 10.8 Å². The fourth-order valence-electron chi connectivity index (χ4n) is 1.34. The first-order valence-electron chi connectivity index (χ1n) is 4.72. The third kappa shape index (κ3) is 3.45. The Labute approximate surface area is 95.7 Å². The van der Waals surface area contributed by atoms with Gasteiger partial charge in [0.25, 0.3) is 0 Å². The van der Waals surface area contributed by atoms with Gasteiger partial charge in [0, 0.05) is 5.56 Å². The number of halogens is 2. The minimum Gasteiger partial charge on any atom is -0.391 e. The molecular weight excluding hydrogens is 217 g/mol. The van der Waals surface area contributed by atoms with Crippen LogP contribution in [0.3, 0.4) is 0 Å². The maximum Gasteiger partial charge on any atom is 0.128 e. The Morgan fingerprint density at radius 3 is 2.27 bits per heavy atom. The molecule has 0 fully saturated rings. The van der Waals surface area contributed by atoms with Gasteiger partial charge in [-0.15, -0.1) is 12.4 Å². The largest absolute Gasteiger partial charge is 0.391 e. The van der Waals surface area contributed by atoms with Gasteiger partial charge in [0.05, 0.1) is 12.1 Å². The second kappa shape index (κ2) is 6.05. The molecule has 4 heteroatoms. The van der Waals surface area contributed by atoms with Gasteiger partial charge >= 0.3 is 0 Å². The number of benzene rings is 1. The number of hydrogen-bond acceptors (Lipinski definition) is 2. The minimum absolute atomic E-state index is 0. The number of aliphatic hydroxyl groups is 1. The van der Waals surface area contributed by atoms with Crippen LogP contribution in [0.5, 0.6) is 0 Å². The van der Waals surface area contributed by atoms with Crippen LogP contribution in [0.25, 0.3) is 0 Å². The Kier molecular flexibility index (Phi) is 5.80. The van der Waals surface area contributed by atoms with E-state index in [2.05, 4.69) is 0 Å². The first-order chi connectivity index (χ1) is 6.54. The molecule has 0 aliphatic carbocycles. The first-order valence-corrected chi connectivity index (χ1v) is 4.72. The van der Waals surface area contributed by atoms with E-state index < -0.39 is 12.1 Å². The van der Waals surface area contributed by atoms with E-state index >= 15 is 0 Å². The van der Waals surface area contributed by atoms with Gasteiger partial charge in [-0.05, 0) is 12.0 Å².